The van der Waals surface area contributed by atoms with Crippen molar-refractivity contribution in [3.8, 4) is 0 Å². The molecule has 15 heavy (non-hydrogen) atoms. The van der Waals surface area contributed by atoms with Crippen LogP contribution in [0.5, 0.6) is 0 Å². The van der Waals surface area contributed by atoms with Gasteiger partial charge < -0.3 is 10.2 Å². The SMILES string of the molecule is CCCC1CCC(NCC)C(N(C)C)C1. The monoisotopic (exact) mass is 212 g/mol. The first kappa shape index (κ1) is 13.0. The molecule has 0 bridgehead atoms. The maximum Gasteiger partial charge on any atom is 0.0245 e. The van der Waals surface area contributed by atoms with Crippen LogP contribution in [0.15, 0.2) is 0 Å². The van der Waals surface area contributed by atoms with Gasteiger partial charge >= 0.3 is 0 Å². The number of rotatable bonds is 5. The summed E-state index contributed by atoms with van der Waals surface area (Å²) >= 11 is 0. The van der Waals surface area contributed by atoms with Crippen LogP contribution >= 0.6 is 0 Å². The average molecular weight is 212 g/mol. The van der Waals surface area contributed by atoms with Gasteiger partial charge in [0.1, 0.15) is 0 Å². The highest BCUT2D eigenvalue weighted by atomic mass is 15.1. The second kappa shape index (κ2) is 6.49. The van der Waals surface area contributed by atoms with E-state index in [1.165, 1.54) is 32.1 Å². The first-order chi connectivity index (χ1) is 7.19. The molecule has 0 aromatic heterocycles. The highest BCUT2D eigenvalue weighted by molar-refractivity contribution is 4.89. The van der Waals surface area contributed by atoms with Crippen LogP contribution in [-0.4, -0.2) is 37.6 Å². The number of likely N-dealkylation sites (N-methyl/N-ethyl adjacent to an activating group) is 2. The van der Waals surface area contributed by atoms with Gasteiger partial charge in [-0.25, -0.2) is 0 Å². The van der Waals surface area contributed by atoms with Gasteiger partial charge in [-0.2, -0.15) is 0 Å². The van der Waals surface area contributed by atoms with Gasteiger partial charge in [0.15, 0.2) is 0 Å². The van der Waals surface area contributed by atoms with Gasteiger partial charge in [0.2, 0.25) is 0 Å². The van der Waals surface area contributed by atoms with E-state index < -0.39 is 0 Å². The maximum atomic E-state index is 3.64. The van der Waals surface area contributed by atoms with Crippen LogP contribution in [0, 0.1) is 5.92 Å². The predicted molar refractivity (Wildman–Crippen MR) is 67.2 cm³/mol. The van der Waals surface area contributed by atoms with E-state index in [0.29, 0.717) is 0 Å². The van der Waals surface area contributed by atoms with E-state index in [0.717, 1.165) is 24.5 Å². The van der Waals surface area contributed by atoms with Crippen molar-refractivity contribution in [3.63, 3.8) is 0 Å². The van der Waals surface area contributed by atoms with Crippen molar-refractivity contribution in [1.29, 1.82) is 0 Å². The Balaban J connectivity index is 2.49. The Hall–Kier alpha value is -0.0800. The molecule has 0 spiro atoms. The Morgan fingerprint density at radius 2 is 1.93 bits per heavy atom. The van der Waals surface area contributed by atoms with Gasteiger partial charge in [0, 0.05) is 12.1 Å². The quantitative estimate of drug-likeness (QED) is 0.753. The van der Waals surface area contributed by atoms with E-state index >= 15 is 0 Å². The Bertz CT molecular complexity index is 168. The molecule has 0 saturated heterocycles. The van der Waals surface area contributed by atoms with Gasteiger partial charge in [-0.05, 0) is 45.8 Å². The standard InChI is InChI=1S/C13H28N2/c1-5-7-11-8-9-12(14-6-2)13(10-11)15(3)4/h11-14H,5-10H2,1-4H3. The fourth-order valence-electron chi connectivity index (χ4n) is 2.97. The Morgan fingerprint density at radius 1 is 1.20 bits per heavy atom. The number of hydrogen-bond donors (Lipinski definition) is 1. The van der Waals surface area contributed by atoms with Crippen LogP contribution in [-0.2, 0) is 0 Å². The van der Waals surface area contributed by atoms with Gasteiger partial charge in [0.25, 0.3) is 0 Å². The van der Waals surface area contributed by atoms with E-state index in [4.69, 9.17) is 0 Å². The number of nitrogens with one attached hydrogen (secondary N) is 1. The Morgan fingerprint density at radius 3 is 2.47 bits per heavy atom. The van der Waals surface area contributed by atoms with Crippen LogP contribution in [0.25, 0.3) is 0 Å². The summed E-state index contributed by atoms with van der Waals surface area (Å²) in [5, 5.41) is 3.64. The van der Waals surface area contributed by atoms with E-state index in [9.17, 15) is 0 Å². The predicted octanol–water partition coefficient (Wildman–Crippen LogP) is 2.49. The van der Waals surface area contributed by atoms with Gasteiger partial charge in [-0.1, -0.05) is 26.7 Å². The lowest BCUT2D eigenvalue weighted by molar-refractivity contribution is 0.137. The molecule has 0 heterocycles. The smallest absolute Gasteiger partial charge is 0.0245 e. The molecule has 2 nitrogen and oxygen atoms in total. The van der Waals surface area contributed by atoms with Crippen molar-refractivity contribution in [1.82, 2.24) is 10.2 Å². The van der Waals surface area contributed by atoms with Gasteiger partial charge in [-0.15, -0.1) is 0 Å². The second-order valence-corrected chi connectivity index (χ2v) is 5.16. The van der Waals surface area contributed by atoms with Crippen molar-refractivity contribution in [3.05, 3.63) is 0 Å². The lowest BCUT2D eigenvalue weighted by Crippen LogP contribution is -2.50. The summed E-state index contributed by atoms with van der Waals surface area (Å²) in [7, 11) is 4.45. The molecule has 0 aliphatic heterocycles. The van der Waals surface area contributed by atoms with E-state index in [2.05, 4.69) is 38.2 Å². The second-order valence-electron chi connectivity index (χ2n) is 5.16. The summed E-state index contributed by atoms with van der Waals surface area (Å²) in [5.41, 5.74) is 0. The van der Waals surface area contributed by atoms with E-state index in [1.54, 1.807) is 0 Å². The fourth-order valence-corrected chi connectivity index (χ4v) is 2.97. The molecule has 3 unspecified atom stereocenters. The maximum absolute atomic E-state index is 3.64. The molecule has 1 aliphatic rings. The molecular formula is C13H28N2. The summed E-state index contributed by atoms with van der Waals surface area (Å²) < 4.78 is 0. The van der Waals surface area contributed by atoms with Crippen molar-refractivity contribution in [2.75, 3.05) is 20.6 Å². The number of nitrogens with zero attached hydrogens (tertiary/aromatic N) is 1. The normalized spacial score (nSPS) is 32.2. The number of hydrogen-bond acceptors (Lipinski definition) is 2. The van der Waals surface area contributed by atoms with Crippen molar-refractivity contribution < 1.29 is 0 Å². The first-order valence-electron chi connectivity index (χ1n) is 6.58. The van der Waals surface area contributed by atoms with Crippen molar-refractivity contribution in [2.45, 2.75) is 58.0 Å². The molecule has 90 valence electrons. The zero-order valence-corrected chi connectivity index (χ0v) is 10.9. The summed E-state index contributed by atoms with van der Waals surface area (Å²) in [6.45, 7) is 5.62. The molecule has 3 atom stereocenters. The average Bonchev–Trinajstić information content (AvgIpc) is 2.21. The minimum atomic E-state index is 0.720. The Kier molecular flexibility index (Phi) is 5.62. The third kappa shape index (κ3) is 3.76. The van der Waals surface area contributed by atoms with E-state index in [1.807, 2.05) is 0 Å². The molecule has 1 N–H and O–H groups in total. The van der Waals surface area contributed by atoms with Gasteiger partial charge in [0.05, 0.1) is 0 Å². The minimum Gasteiger partial charge on any atom is -0.313 e. The van der Waals surface area contributed by atoms with Crippen LogP contribution in [0.3, 0.4) is 0 Å². The van der Waals surface area contributed by atoms with Crippen LogP contribution < -0.4 is 5.32 Å². The summed E-state index contributed by atoms with van der Waals surface area (Å²) in [4.78, 5) is 2.41. The summed E-state index contributed by atoms with van der Waals surface area (Å²) in [6.07, 6.45) is 6.94. The third-order valence-corrected chi connectivity index (χ3v) is 3.75. The minimum absolute atomic E-state index is 0.720. The molecule has 1 rings (SSSR count). The van der Waals surface area contributed by atoms with E-state index in [-0.39, 0.29) is 0 Å². The topological polar surface area (TPSA) is 15.3 Å². The lowest BCUT2D eigenvalue weighted by Gasteiger charge is -2.40. The lowest BCUT2D eigenvalue weighted by atomic mass is 9.79. The highest BCUT2D eigenvalue weighted by Gasteiger charge is 2.30. The largest absolute Gasteiger partial charge is 0.313 e. The van der Waals surface area contributed by atoms with Crippen LogP contribution in [0.4, 0.5) is 0 Å². The van der Waals surface area contributed by atoms with Crippen LogP contribution in [0.1, 0.15) is 46.0 Å². The molecule has 0 aromatic carbocycles. The zero-order valence-electron chi connectivity index (χ0n) is 10.9. The van der Waals surface area contributed by atoms with Crippen molar-refractivity contribution in [2.24, 2.45) is 5.92 Å². The first-order valence-corrected chi connectivity index (χ1v) is 6.58. The Labute approximate surface area is 95.4 Å². The molecular weight excluding hydrogens is 184 g/mol. The highest BCUT2D eigenvalue weighted by Crippen LogP contribution is 2.30. The molecule has 1 fully saturated rings. The third-order valence-electron chi connectivity index (χ3n) is 3.75. The molecule has 0 aromatic rings. The van der Waals surface area contributed by atoms with Crippen molar-refractivity contribution >= 4 is 0 Å². The molecule has 1 saturated carbocycles. The fraction of sp³-hybridized carbons (Fsp3) is 1.00. The summed E-state index contributed by atoms with van der Waals surface area (Å²) in [5.74, 6) is 0.970. The van der Waals surface area contributed by atoms with Gasteiger partial charge in [-0.3, -0.25) is 0 Å². The molecule has 0 radical (unpaired) electrons. The molecule has 2 heteroatoms. The molecule has 0 amide bonds. The van der Waals surface area contributed by atoms with Crippen LogP contribution in [0.2, 0.25) is 0 Å². The zero-order chi connectivity index (χ0) is 11.3. The molecule has 1 aliphatic carbocycles. The summed E-state index contributed by atoms with van der Waals surface area (Å²) in [6, 6.07) is 1.47.